The highest BCUT2D eigenvalue weighted by Crippen LogP contribution is 2.22. The molecule has 3 rings (SSSR count). The van der Waals surface area contributed by atoms with E-state index in [2.05, 4.69) is 56.8 Å². The second-order valence-electron chi connectivity index (χ2n) is 6.44. The van der Waals surface area contributed by atoms with E-state index in [4.69, 9.17) is 4.74 Å². The summed E-state index contributed by atoms with van der Waals surface area (Å²) >= 11 is 0. The Morgan fingerprint density at radius 1 is 1.23 bits per heavy atom. The third-order valence-electron chi connectivity index (χ3n) is 4.73. The van der Waals surface area contributed by atoms with Crippen molar-refractivity contribution < 1.29 is 4.74 Å². The van der Waals surface area contributed by atoms with Gasteiger partial charge in [-0.2, -0.15) is 0 Å². The Balaban J connectivity index is 0.00000243. The number of nitrogens with one attached hydrogen (secondary N) is 3. The maximum atomic E-state index is 5.37. The van der Waals surface area contributed by atoms with Crippen molar-refractivity contribution in [3.05, 3.63) is 35.5 Å². The minimum absolute atomic E-state index is 0. The van der Waals surface area contributed by atoms with Crippen molar-refractivity contribution >= 4 is 40.8 Å². The average Bonchev–Trinajstić information content (AvgIpc) is 3.06. The number of aliphatic imine (C=N–C) groups is 1. The number of aromatic amines is 1. The summed E-state index contributed by atoms with van der Waals surface area (Å²) in [6, 6.07) is 6.39. The molecule has 0 bridgehead atoms. The molecule has 2 aromatic rings. The van der Waals surface area contributed by atoms with Crippen LogP contribution >= 0.6 is 24.0 Å². The average molecular weight is 471 g/mol. The Labute approximate surface area is 172 Å². The predicted octanol–water partition coefficient (Wildman–Crippen LogP) is 2.13. The number of morpholine rings is 1. The zero-order chi connectivity index (χ0) is 17.5. The van der Waals surface area contributed by atoms with Crippen molar-refractivity contribution in [1.29, 1.82) is 0 Å². The fraction of sp³-hybridized carbons (Fsp3) is 0.526. The van der Waals surface area contributed by atoms with Crippen LogP contribution in [0.1, 0.15) is 11.1 Å². The van der Waals surface area contributed by atoms with E-state index in [1.165, 1.54) is 22.0 Å². The molecule has 1 aromatic carbocycles. The van der Waals surface area contributed by atoms with E-state index in [1.807, 2.05) is 7.05 Å². The maximum Gasteiger partial charge on any atom is 0.191 e. The van der Waals surface area contributed by atoms with Gasteiger partial charge in [-0.25, -0.2) is 0 Å². The maximum absolute atomic E-state index is 5.37. The van der Waals surface area contributed by atoms with Crippen LogP contribution < -0.4 is 10.6 Å². The lowest BCUT2D eigenvalue weighted by Crippen LogP contribution is -2.44. The largest absolute Gasteiger partial charge is 0.379 e. The standard InChI is InChI=1S/C19H29N5O.HI/c1-15-4-3-5-17-18(15)16(14-23-17)6-7-21-19(20-2)22-8-9-24-10-12-25-13-11-24;/h3-5,14,23H,6-13H2,1-2H3,(H2,20,21,22);1H. The Hall–Kier alpha value is -1.32. The summed E-state index contributed by atoms with van der Waals surface area (Å²) < 4.78 is 5.37. The number of hydrogen-bond donors (Lipinski definition) is 3. The van der Waals surface area contributed by atoms with Gasteiger partial charge in [-0.1, -0.05) is 12.1 Å². The highest BCUT2D eigenvalue weighted by atomic mass is 127. The van der Waals surface area contributed by atoms with Gasteiger partial charge in [0.1, 0.15) is 0 Å². The summed E-state index contributed by atoms with van der Waals surface area (Å²) in [4.78, 5) is 10.1. The van der Waals surface area contributed by atoms with Crippen molar-refractivity contribution in [3.8, 4) is 0 Å². The molecular formula is C19H30IN5O. The molecule has 1 saturated heterocycles. The van der Waals surface area contributed by atoms with Crippen LogP contribution in [0.5, 0.6) is 0 Å². The van der Waals surface area contributed by atoms with Gasteiger partial charge in [0.25, 0.3) is 0 Å². The summed E-state index contributed by atoms with van der Waals surface area (Å²) in [7, 11) is 1.82. The smallest absolute Gasteiger partial charge is 0.191 e. The molecule has 26 heavy (non-hydrogen) atoms. The van der Waals surface area contributed by atoms with E-state index in [1.54, 1.807) is 0 Å². The number of fused-ring (bicyclic) bond motifs is 1. The van der Waals surface area contributed by atoms with E-state index >= 15 is 0 Å². The van der Waals surface area contributed by atoms with Gasteiger partial charge in [0.2, 0.25) is 0 Å². The molecule has 6 nitrogen and oxygen atoms in total. The first-order valence-electron chi connectivity index (χ1n) is 9.08. The molecule has 1 aliphatic heterocycles. The van der Waals surface area contributed by atoms with Gasteiger partial charge in [-0.05, 0) is 30.5 Å². The molecule has 1 fully saturated rings. The molecule has 1 aliphatic rings. The topological polar surface area (TPSA) is 64.7 Å². The summed E-state index contributed by atoms with van der Waals surface area (Å²) in [5, 5.41) is 8.15. The molecule has 0 unspecified atom stereocenters. The van der Waals surface area contributed by atoms with Crippen LogP contribution in [0.2, 0.25) is 0 Å². The Morgan fingerprint density at radius 3 is 2.77 bits per heavy atom. The number of hydrogen-bond acceptors (Lipinski definition) is 3. The lowest BCUT2D eigenvalue weighted by atomic mass is 10.1. The number of rotatable bonds is 6. The molecule has 1 aromatic heterocycles. The highest BCUT2D eigenvalue weighted by Gasteiger charge is 2.10. The van der Waals surface area contributed by atoms with Crippen LogP contribution in [-0.2, 0) is 11.2 Å². The number of H-pyrrole nitrogens is 1. The van der Waals surface area contributed by atoms with Crippen molar-refractivity contribution in [1.82, 2.24) is 20.5 Å². The molecule has 3 N–H and O–H groups in total. The van der Waals surface area contributed by atoms with E-state index < -0.39 is 0 Å². The Bertz CT molecular complexity index is 709. The van der Waals surface area contributed by atoms with Gasteiger partial charge in [0.15, 0.2) is 5.96 Å². The van der Waals surface area contributed by atoms with Crippen LogP contribution in [0.25, 0.3) is 10.9 Å². The van der Waals surface area contributed by atoms with Crippen LogP contribution in [0.3, 0.4) is 0 Å². The molecule has 0 amide bonds. The van der Waals surface area contributed by atoms with Crippen LogP contribution in [0, 0.1) is 6.92 Å². The summed E-state index contributed by atoms with van der Waals surface area (Å²) in [6.07, 6.45) is 3.09. The predicted molar refractivity (Wildman–Crippen MR) is 119 cm³/mol. The molecule has 0 atom stereocenters. The molecule has 0 saturated carbocycles. The fourth-order valence-corrected chi connectivity index (χ4v) is 3.34. The first-order valence-corrected chi connectivity index (χ1v) is 9.08. The number of halogens is 1. The van der Waals surface area contributed by atoms with Crippen molar-refractivity contribution in [2.45, 2.75) is 13.3 Å². The molecular weight excluding hydrogens is 441 g/mol. The van der Waals surface area contributed by atoms with Crippen LogP contribution in [0.15, 0.2) is 29.4 Å². The molecule has 7 heteroatoms. The lowest BCUT2D eigenvalue weighted by molar-refractivity contribution is 0.0389. The fourth-order valence-electron chi connectivity index (χ4n) is 3.34. The van der Waals surface area contributed by atoms with Crippen molar-refractivity contribution in [2.75, 3.05) is 53.0 Å². The van der Waals surface area contributed by atoms with Gasteiger partial charge in [-0.15, -0.1) is 24.0 Å². The van der Waals surface area contributed by atoms with E-state index in [0.717, 1.165) is 58.3 Å². The zero-order valence-corrected chi connectivity index (χ0v) is 18.0. The molecule has 144 valence electrons. The van der Waals surface area contributed by atoms with Crippen LogP contribution in [0.4, 0.5) is 0 Å². The van der Waals surface area contributed by atoms with E-state index in [0.29, 0.717) is 0 Å². The van der Waals surface area contributed by atoms with Crippen LogP contribution in [-0.4, -0.2) is 68.8 Å². The summed E-state index contributed by atoms with van der Waals surface area (Å²) in [6.45, 7) is 8.67. The van der Waals surface area contributed by atoms with Gasteiger partial charge < -0.3 is 20.4 Å². The van der Waals surface area contributed by atoms with Gasteiger partial charge in [0, 0.05) is 56.9 Å². The van der Waals surface area contributed by atoms with Crippen molar-refractivity contribution in [2.24, 2.45) is 4.99 Å². The number of ether oxygens (including phenoxy) is 1. The lowest BCUT2D eigenvalue weighted by Gasteiger charge is -2.26. The van der Waals surface area contributed by atoms with Gasteiger partial charge >= 0.3 is 0 Å². The first kappa shape index (κ1) is 21.0. The minimum Gasteiger partial charge on any atom is -0.379 e. The Morgan fingerprint density at radius 2 is 2.00 bits per heavy atom. The third-order valence-corrected chi connectivity index (χ3v) is 4.73. The number of aryl methyl sites for hydroxylation is 1. The zero-order valence-electron chi connectivity index (χ0n) is 15.7. The molecule has 0 aliphatic carbocycles. The number of nitrogens with zero attached hydrogens (tertiary/aromatic N) is 2. The third kappa shape index (κ3) is 5.59. The molecule has 0 radical (unpaired) electrons. The van der Waals surface area contributed by atoms with Gasteiger partial charge in [0.05, 0.1) is 13.2 Å². The monoisotopic (exact) mass is 471 g/mol. The van der Waals surface area contributed by atoms with Crippen molar-refractivity contribution in [3.63, 3.8) is 0 Å². The second kappa shape index (κ2) is 10.7. The first-order chi connectivity index (χ1) is 12.3. The van der Waals surface area contributed by atoms with E-state index in [-0.39, 0.29) is 24.0 Å². The molecule has 2 heterocycles. The normalized spacial score (nSPS) is 15.7. The molecule has 0 spiro atoms. The summed E-state index contributed by atoms with van der Waals surface area (Å²) in [5.41, 5.74) is 3.88. The second-order valence-corrected chi connectivity index (χ2v) is 6.44. The van der Waals surface area contributed by atoms with E-state index in [9.17, 15) is 0 Å². The highest BCUT2D eigenvalue weighted by molar-refractivity contribution is 14.0. The quantitative estimate of drug-likeness (QED) is 0.343. The Kier molecular flexibility index (Phi) is 8.67. The number of benzene rings is 1. The van der Waals surface area contributed by atoms with Gasteiger partial charge in [-0.3, -0.25) is 9.89 Å². The number of guanidine groups is 1. The SMILES string of the molecule is CN=C(NCCc1c[nH]c2cccc(C)c12)NCCN1CCOCC1.I. The summed E-state index contributed by atoms with van der Waals surface area (Å²) in [5.74, 6) is 0.866. The minimum atomic E-state index is 0. The number of aromatic nitrogens is 1.